The van der Waals surface area contributed by atoms with Gasteiger partial charge in [0, 0.05) is 25.5 Å². The zero-order valence-corrected chi connectivity index (χ0v) is 12.5. The number of hydrogen-bond acceptors (Lipinski definition) is 4. The molecule has 1 aliphatic rings. The second-order valence-corrected chi connectivity index (χ2v) is 5.46. The third kappa shape index (κ3) is 3.03. The SMILES string of the molecule is Cc1cc(-n2cccn2)ccc1CN1CCOC[C@@H]1C(=O)O. The number of morpholine rings is 1. The van der Waals surface area contributed by atoms with Crippen molar-refractivity contribution in [2.75, 3.05) is 19.8 Å². The molecule has 22 heavy (non-hydrogen) atoms. The second kappa shape index (κ2) is 6.29. The Morgan fingerprint density at radius 2 is 2.36 bits per heavy atom. The number of aliphatic carboxylic acids is 1. The Bertz CT molecular complexity index is 655. The summed E-state index contributed by atoms with van der Waals surface area (Å²) in [4.78, 5) is 13.3. The Balaban J connectivity index is 1.79. The van der Waals surface area contributed by atoms with Gasteiger partial charge in [-0.25, -0.2) is 4.68 Å². The van der Waals surface area contributed by atoms with Crippen LogP contribution >= 0.6 is 0 Å². The Kier molecular flexibility index (Phi) is 4.22. The highest BCUT2D eigenvalue weighted by molar-refractivity contribution is 5.73. The largest absolute Gasteiger partial charge is 0.480 e. The first-order valence-electron chi connectivity index (χ1n) is 7.29. The zero-order valence-electron chi connectivity index (χ0n) is 12.5. The molecule has 1 atom stereocenters. The number of carboxylic acid groups (broad SMARTS) is 1. The lowest BCUT2D eigenvalue weighted by molar-refractivity contribution is -0.150. The van der Waals surface area contributed by atoms with Crippen molar-refractivity contribution in [3.63, 3.8) is 0 Å². The summed E-state index contributed by atoms with van der Waals surface area (Å²) >= 11 is 0. The van der Waals surface area contributed by atoms with Crippen LogP contribution in [0.2, 0.25) is 0 Å². The van der Waals surface area contributed by atoms with Crippen LogP contribution in [-0.4, -0.2) is 51.6 Å². The summed E-state index contributed by atoms with van der Waals surface area (Å²) < 4.78 is 7.09. The molecule has 0 aliphatic carbocycles. The summed E-state index contributed by atoms with van der Waals surface area (Å²) in [5, 5.41) is 13.5. The van der Waals surface area contributed by atoms with Crippen molar-refractivity contribution in [2.24, 2.45) is 0 Å². The number of aromatic nitrogens is 2. The number of carbonyl (C=O) groups is 1. The predicted molar refractivity (Wildman–Crippen MR) is 81.0 cm³/mol. The third-order valence-corrected chi connectivity index (χ3v) is 3.99. The maximum Gasteiger partial charge on any atom is 0.323 e. The minimum absolute atomic E-state index is 0.250. The van der Waals surface area contributed by atoms with Gasteiger partial charge in [0.15, 0.2) is 0 Å². The van der Waals surface area contributed by atoms with Crippen molar-refractivity contribution in [1.29, 1.82) is 0 Å². The Hall–Kier alpha value is -2.18. The van der Waals surface area contributed by atoms with Crippen LogP contribution in [0.5, 0.6) is 0 Å². The summed E-state index contributed by atoms with van der Waals surface area (Å²) in [5.41, 5.74) is 3.26. The van der Waals surface area contributed by atoms with Gasteiger partial charge in [0.05, 0.1) is 18.9 Å². The van der Waals surface area contributed by atoms with E-state index in [-0.39, 0.29) is 6.61 Å². The molecule has 6 heteroatoms. The number of carboxylic acids is 1. The summed E-state index contributed by atoms with van der Waals surface area (Å²) in [6, 6.07) is 7.43. The molecule has 1 fully saturated rings. The maximum atomic E-state index is 11.3. The number of hydrogen-bond donors (Lipinski definition) is 1. The van der Waals surface area contributed by atoms with Gasteiger partial charge in [0.2, 0.25) is 0 Å². The molecule has 3 rings (SSSR count). The van der Waals surface area contributed by atoms with Crippen molar-refractivity contribution in [3.8, 4) is 5.69 Å². The van der Waals surface area contributed by atoms with E-state index in [1.165, 1.54) is 0 Å². The van der Waals surface area contributed by atoms with E-state index in [4.69, 9.17) is 4.74 Å². The monoisotopic (exact) mass is 301 g/mol. The van der Waals surface area contributed by atoms with E-state index in [0.29, 0.717) is 19.7 Å². The molecule has 0 unspecified atom stereocenters. The molecule has 0 radical (unpaired) electrons. The normalized spacial score (nSPS) is 19.2. The van der Waals surface area contributed by atoms with Crippen molar-refractivity contribution in [1.82, 2.24) is 14.7 Å². The zero-order chi connectivity index (χ0) is 15.5. The molecule has 1 saturated heterocycles. The standard InChI is InChI=1S/C16H19N3O3/c1-12-9-14(19-6-2-5-17-19)4-3-13(12)10-18-7-8-22-11-15(18)16(20)21/h2-6,9,15H,7-8,10-11H2,1H3,(H,20,21)/t15-/m1/s1. The van der Waals surface area contributed by atoms with Crippen molar-refractivity contribution in [3.05, 3.63) is 47.8 Å². The predicted octanol–water partition coefficient (Wildman–Crippen LogP) is 1.47. The molecular weight excluding hydrogens is 282 g/mol. The molecule has 0 amide bonds. The lowest BCUT2D eigenvalue weighted by Crippen LogP contribution is -2.49. The summed E-state index contributed by atoms with van der Waals surface area (Å²) in [6.45, 7) is 4.12. The smallest absolute Gasteiger partial charge is 0.323 e. The van der Waals surface area contributed by atoms with Crippen molar-refractivity contribution in [2.45, 2.75) is 19.5 Å². The first kappa shape index (κ1) is 14.7. The number of ether oxygens (including phenoxy) is 1. The molecule has 1 N–H and O–H groups in total. The molecule has 2 heterocycles. The molecule has 116 valence electrons. The van der Waals surface area contributed by atoms with Gasteiger partial charge in [0.1, 0.15) is 6.04 Å². The molecule has 2 aromatic rings. The average Bonchev–Trinajstić information content (AvgIpc) is 3.04. The van der Waals surface area contributed by atoms with Crippen LogP contribution in [-0.2, 0) is 16.1 Å². The van der Waals surface area contributed by atoms with Crippen LogP contribution < -0.4 is 0 Å². The quantitative estimate of drug-likeness (QED) is 0.926. The fourth-order valence-electron chi connectivity index (χ4n) is 2.70. The topological polar surface area (TPSA) is 67.6 Å². The lowest BCUT2D eigenvalue weighted by Gasteiger charge is -2.33. The van der Waals surface area contributed by atoms with Crippen LogP contribution in [0, 0.1) is 6.92 Å². The van der Waals surface area contributed by atoms with Gasteiger partial charge in [0.25, 0.3) is 0 Å². The highest BCUT2D eigenvalue weighted by Crippen LogP contribution is 2.18. The van der Waals surface area contributed by atoms with Crippen LogP contribution in [0.4, 0.5) is 0 Å². The van der Waals surface area contributed by atoms with Crippen LogP contribution in [0.15, 0.2) is 36.7 Å². The van der Waals surface area contributed by atoms with E-state index in [2.05, 4.69) is 11.2 Å². The van der Waals surface area contributed by atoms with Gasteiger partial charge in [-0.2, -0.15) is 5.10 Å². The van der Waals surface area contributed by atoms with E-state index in [0.717, 1.165) is 16.8 Å². The van der Waals surface area contributed by atoms with E-state index < -0.39 is 12.0 Å². The highest BCUT2D eigenvalue weighted by atomic mass is 16.5. The summed E-state index contributed by atoms with van der Waals surface area (Å²) in [7, 11) is 0. The Morgan fingerprint density at radius 1 is 1.50 bits per heavy atom. The van der Waals surface area contributed by atoms with Gasteiger partial charge in [-0.3, -0.25) is 9.69 Å². The fourth-order valence-corrected chi connectivity index (χ4v) is 2.70. The number of nitrogens with zero attached hydrogens (tertiary/aromatic N) is 3. The number of benzene rings is 1. The van der Waals surface area contributed by atoms with Gasteiger partial charge < -0.3 is 9.84 Å². The first-order valence-corrected chi connectivity index (χ1v) is 7.29. The minimum atomic E-state index is -0.828. The summed E-state index contributed by atoms with van der Waals surface area (Å²) in [6.07, 6.45) is 3.64. The van der Waals surface area contributed by atoms with Gasteiger partial charge in [-0.05, 0) is 36.2 Å². The Labute approximate surface area is 128 Å². The first-order chi connectivity index (χ1) is 10.6. The molecule has 0 bridgehead atoms. The molecule has 1 aliphatic heterocycles. The van der Waals surface area contributed by atoms with Crippen LogP contribution in [0.1, 0.15) is 11.1 Å². The van der Waals surface area contributed by atoms with Gasteiger partial charge in [-0.15, -0.1) is 0 Å². The molecule has 0 saturated carbocycles. The third-order valence-electron chi connectivity index (χ3n) is 3.99. The molecule has 1 aromatic carbocycles. The summed E-state index contributed by atoms with van der Waals surface area (Å²) in [5.74, 6) is -0.828. The second-order valence-electron chi connectivity index (χ2n) is 5.46. The fraction of sp³-hybridized carbons (Fsp3) is 0.375. The average molecular weight is 301 g/mol. The van der Waals surface area contributed by atoms with Crippen molar-refractivity contribution < 1.29 is 14.6 Å². The molecule has 6 nitrogen and oxygen atoms in total. The van der Waals surface area contributed by atoms with E-state index >= 15 is 0 Å². The Morgan fingerprint density at radius 3 is 3.05 bits per heavy atom. The van der Waals surface area contributed by atoms with Gasteiger partial charge >= 0.3 is 5.97 Å². The number of rotatable bonds is 4. The van der Waals surface area contributed by atoms with E-state index in [1.807, 2.05) is 40.9 Å². The van der Waals surface area contributed by atoms with Crippen molar-refractivity contribution >= 4 is 5.97 Å². The lowest BCUT2D eigenvalue weighted by atomic mass is 10.1. The molecule has 0 spiro atoms. The van der Waals surface area contributed by atoms with Crippen LogP contribution in [0.3, 0.4) is 0 Å². The minimum Gasteiger partial charge on any atom is -0.480 e. The van der Waals surface area contributed by atoms with Gasteiger partial charge in [-0.1, -0.05) is 6.07 Å². The maximum absolute atomic E-state index is 11.3. The van der Waals surface area contributed by atoms with Crippen LogP contribution in [0.25, 0.3) is 5.69 Å². The highest BCUT2D eigenvalue weighted by Gasteiger charge is 2.29. The van der Waals surface area contributed by atoms with E-state index in [9.17, 15) is 9.90 Å². The molecular formula is C16H19N3O3. The molecule has 1 aromatic heterocycles. The number of aryl methyl sites for hydroxylation is 1. The van der Waals surface area contributed by atoms with E-state index in [1.54, 1.807) is 6.20 Å².